The molecule has 2 unspecified atom stereocenters. The van der Waals surface area contributed by atoms with Crippen molar-refractivity contribution in [2.24, 2.45) is 11.3 Å². The summed E-state index contributed by atoms with van der Waals surface area (Å²) in [6, 6.07) is 0.534. The summed E-state index contributed by atoms with van der Waals surface area (Å²) in [7, 11) is 0. The van der Waals surface area contributed by atoms with Gasteiger partial charge in [0.2, 0.25) is 0 Å². The van der Waals surface area contributed by atoms with Crippen LogP contribution in [0, 0.1) is 11.3 Å². The first-order valence-corrected chi connectivity index (χ1v) is 5.93. The highest BCUT2D eigenvalue weighted by atomic mass is 16.3. The predicted octanol–water partition coefficient (Wildman–Crippen LogP) is 2.13. The van der Waals surface area contributed by atoms with Crippen LogP contribution >= 0.6 is 0 Å². The number of nitrogens with zero attached hydrogens (tertiary/aromatic N) is 1. The highest BCUT2D eigenvalue weighted by molar-refractivity contribution is 4.95. The molecule has 1 aliphatic rings. The van der Waals surface area contributed by atoms with Gasteiger partial charge in [0, 0.05) is 25.7 Å². The lowest BCUT2D eigenvalue weighted by Crippen LogP contribution is -2.60. The van der Waals surface area contributed by atoms with Gasteiger partial charge in [-0.1, -0.05) is 20.8 Å². The number of hydrogen-bond acceptors (Lipinski definition) is 2. The third-order valence-electron chi connectivity index (χ3n) is 4.26. The Kier molecular flexibility index (Phi) is 3.96. The molecule has 1 saturated heterocycles. The van der Waals surface area contributed by atoms with Crippen LogP contribution in [0.2, 0.25) is 0 Å². The first-order chi connectivity index (χ1) is 6.58. The quantitative estimate of drug-likeness (QED) is 0.733. The van der Waals surface area contributed by atoms with Gasteiger partial charge in [0.15, 0.2) is 0 Å². The Hall–Kier alpha value is -0.0800. The SMILES string of the molecule is CCC1(CC)CN(C(C)C(C)CO)C1. The number of likely N-dealkylation sites (tertiary alicyclic amines) is 1. The minimum atomic E-state index is 0.308. The average Bonchev–Trinajstić information content (AvgIpc) is 2.16. The van der Waals surface area contributed by atoms with Gasteiger partial charge in [-0.05, 0) is 31.1 Å². The fraction of sp³-hybridized carbons (Fsp3) is 1.00. The second-order valence-corrected chi connectivity index (χ2v) is 5.01. The highest BCUT2D eigenvalue weighted by Crippen LogP contribution is 2.39. The molecule has 0 spiro atoms. The van der Waals surface area contributed by atoms with E-state index in [1.54, 1.807) is 0 Å². The van der Waals surface area contributed by atoms with Crippen LogP contribution in [-0.4, -0.2) is 35.7 Å². The summed E-state index contributed by atoms with van der Waals surface area (Å²) in [5.74, 6) is 0.404. The standard InChI is InChI=1S/C12H25NO/c1-5-12(6-2)8-13(9-12)11(4)10(3)7-14/h10-11,14H,5-9H2,1-4H3. The Morgan fingerprint density at radius 2 is 1.71 bits per heavy atom. The van der Waals surface area contributed by atoms with E-state index in [1.165, 1.54) is 25.9 Å². The molecule has 1 heterocycles. The summed E-state index contributed by atoms with van der Waals surface area (Å²) in [6.45, 7) is 11.7. The Bertz CT molecular complexity index is 169. The van der Waals surface area contributed by atoms with E-state index in [2.05, 4.69) is 32.6 Å². The first-order valence-electron chi connectivity index (χ1n) is 5.93. The predicted molar refractivity (Wildman–Crippen MR) is 60.3 cm³/mol. The summed E-state index contributed by atoms with van der Waals surface area (Å²) < 4.78 is 0. The monoisotopic (exact) mass is 199 g/mol. The van der Waals surface area contributed by atoms with Gasteiger partial charge in [0.25, 0.3) is 0 Å². The van der Waals surface area contributed by atoms with Crippen molar-refractivity contribution in [3.63, 3.8) is 0 Å². The Morgan fingerprint density at radius 3 is 2.07 bits per heavy atom. The lowest BCUT2D eigenvalue weighted by atomic mass is 9.74. The fourth-order valence-corrected chi connectivity index (χ4v) is 2.31. The van der Waals surface area contributed by atoms with Crippen molar-refractivity contribution in [2.75, 3.05) is 19.7 Å². The Balaban J connectivity index is 2.39. The fourth-order valence-electron chi connectivity index (χ4n) is 2.31. The van der Waals surface area contributed by atoms with Crippen LogP contribution in [0.15, 0.2) is 0 Å². The largest absolute Gasteiger partial charge is 0.396 e. The van der Waals surface area contributed by atoms with Gasteiger partial charge >= 0.3 is 0 Å². The molecule has 1 fully saturated rings. The van der Waals surface area contributed by atoms with Gasteiger partial charge in [-0.25, -0.2) is 0 Å². The van der Waals surface area contributed by atoms with E-state index in [0.29, 0.717) is 24.0 Å². The second-order valence-electron chi connectivity index (χ2n) is 5.01. The molecule has 1 rings (SSSR count). The van der Waals surface area contributed by atoms with Crippen LogP contribution < -0.4 is 0 Å². The maximum absolute atomic E-state index is 9.09. The topological polar surface area (TPSA) is 23.5 Å². The zero-order valence-corrected chi connectivity index (χ0v) is 10.1. The summed E-state index contributed by atoms with van der Waals surface area (Å²) in [6.07, 6.45) is 2.58. The molecule has 0 aromatic rings. The van der Waals surface area contributed by atoms with Crippen molar-refractivity contribution in [2.45, 2.75) is 46.6 Å². The lowest BCUT2D eigenvalue weighted by Gasteiger charge is -2.53. The Morgan fingerprint density at radius 1 is 1.21 bits per heavy atom. The van der Waals surface area contributed by atoms with Gasteiger partial charge in [-0.2, -0.15) is 0 Å². The maximum Gasteiger partial charge on any atom is 0.0471 e. The highest BCUT2D eigenvalue weighted by Gasteiger charge is 2.42. The van der Waals surface area contributed by atoms with Gasteiger partial charge in [0.1, 0.15) is 0 Å². The molecule has 2 heteroatoms. The molecular weight excluding hydrogens is 174 g/mol. The van der Waals surface area contributed by atoms with Crippen molar-refractivity contribution in [1.29, 1.82) is 0 Å². The third-order valence-corrected chi connectivity index (χ3v) is 4.26. The molecule has 2 nitrogen and oxygen atoms in total. The number of hydrogen-bond donors (Lipinski definition) is 1. The van der Waals surface area contributed by atoms with Crippen LogP contribution in [0.3, 0.4) is 0 Å². The smallest absolute Gasteiger partial charge is 0.0471 e. The van der Waals surface area contributed by atoms with Gasteiger partial charge in [-0.3, -0.25) is 4.90 Å². The normalized spacial score (nSPS) is 25.5. The zero-order valence-electron chi connectivity index (χ0n) is 10.1. The van der Waals surface area contributed by atoms with Crippen LogP contribution in [0.1, 0.15) is 40.5 Å². The van der Waals surface area contributed by atoms with Gasteiger partial charge in [-0.15, -0.1) is 0 Å². The van der Waals surface area contributed by atoms with Crippen LogP contribution in [0.5, 0.6) is 0 Å². The van der Waals surface area contributed by atoms with Crippen LogP contribution in [0.4, 0.5) is 0 Å². The minimum absolute atomic E-state index is 0.308. The molecule has 0 aromatic carbocycles. The molecule has 0 amide bonds. The molecule has 0 radical (unpaired) electrons. The third kappa shape index (κ3) is 2.12. The molecular formula is C12H25NO. The molecule has 0 aliphatic carbocycles. The number of aliphatic hydroxyl groups is 1. The van der Waals surface area contributed by atoms with E-state index in [9.17, 15) is 0 Å². The molecule has 14 heavy (non-hydrogen) atoms. The average molecular weight is 199 g/mol. The van der Waals surface area contributed by atoms with E-state index in [1.807, 2.05) is 0 Å². The molecule has 0 aromatic heterocycles. The van der Waals surface area contributed by atoms with E-state index >= 15 is 0 Å². The lowest BCUT2D eigenvalue weighted by molar-refractivity contribution is -0.0513. The molecule has 0 bridgehead atoms. The molecule has 84 valence electrons. The maximum atomic E-state index is 9.09. The molecule has 1 N–H and O–H groups in total. The summed E-state index contributed by atoms with van der Waals surface area (Å²) in [5, 5.41) is 9.09. The van der Waals surface area contributed by atoms with Crippen molar-refractivity contribution < 1.29 is 5.11 Å². The summed E-state index contributed by atoms with van der Waals surface area (Å²) >= 11 is 0. The van der Waals surface area contributed by atoms with Gasteiger partial charge in [0.05, 0.1) is 0 Å². The van der Waals surface area contributed by atoms with Crippen molar-refractivity contribution in [1.82, 2.24) is 4.90 Å². The Labute approximate surface area is 88.3 Å². The van der Waals surface area contributed by atoms with E-state index in [-0.39, 0.29) is 0 Å². The summed E-state index contributed by atoms with van der Waals surface area (Å²) in [5.41, 5.74) is 0.587. The van der Waals surface area contributed by atoms with Crippen molar-refractivity contribution in [3.05, 3.63) is 0 Å². The van der Waals surface area contributed by atoms with Gasteiger partial charge < -0.3 is 5.11 Å². The van der Waals surface area contributed by atoms with E-state index in [4.69, 9.17) is 5.11 Å². The van der Waals surface area contributed by atoms with Crippen molar-refractivity contribution in [3.8, 4) is 0 Å². The van der Waals surface area contributed by atoms with Crippen LogP contribution in [-0.2, 0) is 0 Å². The van der Waals surface area contributed by atoms with E-state index in [0.717, 1.165) is 0 Å². The van der Waals surface area contributed by atoms with E-state index < -0.39 is 0 Å². The zero-order chi connectivity index (χ0) is 10.8. The minimum Gasteiger partial charge on any atom is -0.396 e. The molecule has 2 atom stereocenters. The molecule has 1 aliphatic heterocycles. The second kappa shape index (κ2) is 4.63. The summed E-state index contributed by atoms with van der Waals surface area (Å²) in [4.78, 5) is 2.51. The molecule has 0 saturated carbocycles. The van der Waals surface area contributed by atoms with Crippen molar-refractivity contribution >= 4 is 0 Å². The number of rotatable bonds is 5. The first kappa shape index (κ1) is 12.0. The number of aliphatic hydroxyl groups excluding tert-OH is 1. The van der Waals surface area contributed by atoms with Crippen LogP contribution in [0.25, 0.3) is 0 Å².